The van der Waals surface area contributed by atoms with Crippen LogP contribution in [0.1, 0.15) is 90.5 Å². The van der Waals surface area contributed by atoms with Crippen molar-refractivity contribution in [2.45, 2.75) is 96.9 Å². The fraction of sp³-hybridized carbons (Fsp3) is 0.548. The van der Waals surface area contributed by atoms with Crippen molar-refractivity contribution < 1.29 is 19.1 Å². The third kappa shape index (κ3) is 6.58. The number of nitrogens with zero attached hydrogens (tertiary/aromatic N) is 6. The summed E-state index contributed by atoms with van der Waals surface area (Å²) < 4.78 is 11.3. The zero-order valence-corrected chi connectivity index (χ0v) is 27.7. The van der Waals surface area contributed by atoms with Crippen LogP contribution in [0.25, 0.3) is 26.0 Å². The number of aromatic nitrogens is 4. The van der Waals surface area contributed by atoms with Crippen molar-refractivity contribution in [3.8, 4) is 20.5 Å². The number of carbonyl (C=O) groups excluding carboxylic acids is 2. The lowest BCUT2D eigenvalue weighted by Gasteiger charge is -2.28. The maximum Gasteiger partial charge on any atom is 0.410 e. The van der Waals surface area contributed by atoms with Gasteiger partial charge in [-0.3, -0.25) is 14.8 Å². The van der Waals surface area contributed by atoms with Gasteiger partial charge in [0.05, 0.1) is 33.7 Å². The fourth-order valence-corrected chi connectivity index (χ4v) is 7.55. The first-order chi connectivity index (χ1) is 20.8. The van der Waals surface area contributed by atoms with Gasteiger partial charge in [0, 0.05) is 49.4 Å². The van der Waals surface area contributed by atoms with E-state index in [9.17, 15) is 9.59 Å². The molecule has 2 fully saturated rings. The van der Waals surface area contributed by atoms with Crippen molar-refractivity contribution in [1.29, 1.82) is 0 Å². The molecule has 0 spiro atoms. The second-order valence-electron chi connectivity index (χ2n) is 13.4. The number of carbonyl (C=O) groups is 2. The van der Waals surface area contributed by atoms with Crippen LogP contribution >= 0.6 is 22.7 Å². The highest BCUT2D eigenvalue weighted by molar-refractivity contribution is 7.23. The summed E-state index contributed by atoms with van der Waals surface area (Å²) in [6.07, 6.45) is 11.1. The van der Waals surface area contributed by atoms with Crippen LogP contribution in [0.15, 0.2) is 29.8 Å². The molecule has 234 valence electrons. The number of aromatic amines is 1. The molecule has 0 aromatic carbocycles. The van der Waals surface area contributed by atoms with E-state index in [1.807, 2.05) is 65.0 Å². The van der Waals surface area contributed by atoms with Crippen LogP contribution in [0.3, 0.4) is 0 Å². The summed E-state index contributed by atoms with van der Waals surface area (Å²) in [5.41, 5.74) is 1.79. The normalized spacial score (nSPS) is 20.7. The van der Waals surface area contributed by atoms with Gasteiger partial charge >= 0.3 is 12.2 Å². The molecule has 3 aliphatic rings. The summed E-state index contributed by atoms with van der Waals surface area (Å²) in [5.74, 6) is 0.747. The molecule has 13 heteroatoms. The molecule has 1 N–H and O–H groups in total. The van der Waals surface area contributed by atoms with Gasteiger partial charge in [-0.2, -0.15) is 0 Å². The van der Waals surface area contributed by atoms with Gasteiger partial charge in [-0.15, -0.1) is 22.7 Å². The molecule has 3 aromatic heterocycles. The Morgan fingerprint density at radius 2 is 1.39 bits per heavy atom. The first-order valence-electron chi connectivity index (χ1n) is 15.1. The summed E-state index contributed by atoms with van der Waals surface area (Å²) in [6.45, 7) is 12.6. The van der Waals surface area contributed by atoms with Crippen molar-refractivity contribution in [3.05, 3.63) is 35.6 Å². The first-order valence-corrected chi connectivity index (χ1v) is 16.7. The number of ether oxygens (including phenoxy) is 2. The van der Waals surface area contributed by atoms with Gasteiger partial charge < -0.3 is 14.5 Å². The van der Waals surface area contributed by atoms with Gasteiger partial charge in [0.1, 0.15) is 27.0 Å². The first kappa shape index (κ1) is 30.4. The van der Waals surface area contributed by atoms with Crippen LogP contribution in [0.5, 0.6) is 0 Å². The molecule has 0 radical (unpaired) electrons. The van der Waals surface area contributed by atoms with Gasteiger partial charge in [0.2, 0.25) is 0 Å². The second-order valence-corrected chi connectivity index (χ2v) is 15.4. The quantitative estimate of drug-likeness (QED) is 0.311. The van der Waals surface area contributed by atoms with Crippen molar-refractivity contribution >= 4 is 46.1 Å². The number of thiazole rings is 2. The Balaban J connectivity index is 1.10. The maximum atomic E-state index is 12.8. The molecular formula is C31H39N7O4S2. The third-order valence-electron chi connectivity index (χ3n) is 7.57. The van der Waals surface area contributed by atoms with E-state index in [4.69, 9.17) is 19.5 Å². The van der Waals surface area contributed by atoms with E-state index in [1.54, 1.807) is 33.8 Å². The second kappa shape index (κ2) is 11.7. The number of hydrogen-bond acceptors (Lipinski definition) is 10. The summed E-state index contributed by atoms with van der Waals surface area (Å²) >= 11 is 3.18. The van der Waals surface area contributed by atoms with E-state index in [2.05, 4.69) is 15.0 Å². The number of hydrogen-bond donors (Lipinski definition) is 1. The molecule has 0 saturated carbocycles. The highest BCUT2D eigenvalue weighted by atomic mass is 32.1. The van der Waals surface area contributed by atoms with E-state index >= 15 is 0 Å². The van der Waals surface area contributed by atoms with Gasteiger partial charge in [0.25, 0.3) is 0 Å². The van der Waals surface area contributed by atoms with E-state index < -0.39 is 11.2 Å². The Morgan fingerprint density at radius 1 is 0.818 bits per heavy atom. The molecule has 11 nitrogen and oxygen atoms in total. The van der Waals surface area contributed by atoms with Crippen molar-refractivity contribution in [3.63, 3.8) is 0 Å². The molecule has 0 aliphatic carbocycles. The minimum Gasteiger partial charge on any atom is -0.444 e. The van der Waals surface area contributed by atoms with E-state index in [1.165, 1.54) is 0 Å². The molecule has 6 heterocycles. The molecule has 0 unspecified atom stereocenters. The smallest absolute Gasteiger partial charge is 0.410 e. The van der Waals surface area contributed by atoms with Crippen molar-refractivity contribution in [2.75, 3.05) is 13.1 Å². The van der Waals surface area contributed by atoms with Crippen LogP contribution in [0.4, 0.5) is 9.59 Å². The molecule has 3 aliphatic heterocycles. The van der Waals surface area contributed by atoms with E-state index in [0.29, 0.717) is 19.5 Å². The number of H-pyrrole nitrogens is 1. The molecule has 0 bridgehead atoms. The molecule has 2 atom stereocenters. The molecule has 2 amide bonds. The Hall–Kier alpha value is -3.58. The van der Waals surface area contributed by atoms with Crippen LogP contribution in [-0.4, -0.2) is 78.0 Å². The number of amides is 2. The Morgan fingerprint density at radius 3 is 2.02 bits per heavy atom. The number of likely N-dealkylation sites (tertiary alicyclic amines) is 2. The van der Waals surface area contributed by atoms with Crippen LogP contribution in [0, 0.1) is 0 Å². The molecule has 3 aromatic rings. The average Bonchev–Trinajstić information content (AvgIpc) is 3.77. The predicted molar refractivity (Wildman–Crippen MR) is 172 cm³/mol. The average molecular weight is 638 g/mol. The van der Waals surface area contributed by atoms with Gasteiger partial charge in [-0.1, -0.05) is 0 Å². The summed E-state index contributed by atoms with van der Waals surface area (Å²) in [6, 6.07) is -0.184. The number of rotatable bonds is 5. The van der Waals surface area contributed by atoms with Gasteiger partial charge in [0.15, 0.2) is 0 Å². The highest BCUT2D eigenvalue weighted by Gasteiger charge is 2.37. The van der Waals surface area contributed by atoms with Crippen molar-refractivity contribution in [1.82, 2.24) is 29.7 Å². The zero-order valence-electron chi connectivity index (χ0n) is 26.0. The topological polar surface area (TPSA) is 126 Å². The minimum absolute atomic E-state index is 0.0400. The standard InChI is InChI=1S/C31H39N7O4S2/c1-30(2,3)41-28(39)37-11-7-9-21(37)19-13-18(14-32-19)26-34-16-23(43-26)24-17-35-27(44-24)20-15-33-25(36-20)22-10-8-12-38(22)29(40)42-31(4,5)6/h14-17,21-22H,7-13H2,1-6H3,(H,33,36)/t21-,22-/m0/s1. The van der Waals surface area contributed by atoms with Crippen LogP contribution < -0.4 is 0 Å². The lowest BCUT2D eigenvalue weighted by atomic mass is 10.0. The fourth-order valence-electron chi connectivity index (χ4n) is 5.69. The van der Waals surface area contributed by atoms with Crippen LogP contribution in [0.2, 0.25) is 0 Å². The SMILES string of the molecule is CC(C)(C)OC(=O)N1CCC[C@H]1C1=NC=C(c2ncc(-c3cnc(-c4cnc([C@@H]5CCCN5C(=O)OC(C)(C)C)[nH]4)s3)s2)C1. The summed E-state index contributed by atoms with van der Waals surface area (Å²) in [4.78, 5) is 53.3. The Kier molecular flexibility index (Phi) is 8.12. The lowest BCUT2D eigenvalue weighted by Crippen LogP contribution is -2.43. The molecule has 44 heavy (non-hydrogen) atoms. The zero-order chi connectivity index (χ0) is 31.2. The monoisotopic (exact) mass is 637 g/mol. The maximum absolute atomic E-state index is 12.8. The number of allylic oxidation sites excluding steroid dienone is 1. The highest BCUT2D eigenvalue weighted by Crippen LogP contribution is 2.39. The number of imidazole rings is 1. The minimum atomic E-state index is -0.547. The predicted octanol–water partition coefficient (Wildman–Crippen LogP) is 7.31. The molecular weight excluding hydrogens is 599 g/mol. The summed E-state index contributed by atoms with van der Waals surface area (Å²) in [7, 11) is 0. The van der Waals surface area contributed by atoms with E-state index in [-0.39, 0.29) is 24.3 Å². The van der Waals surface area contributed by atoms with Crippen molar-refractivity contribution in [2.24, 2.45) is 4.99 Å². The van der Waals surface area contributed by atoms with E-state index in [0.717, 1.165) is 68.3 Å². The Labute approximate surface area is 265 Å². The number of nitrogens with one attached hydrogen (secondary N) is 1. The van der Waals surface area contributed by atoms with Crippen LogP contribution in [-0.2, 0) is 9.47 Å². The Bertz CT molecular complexity index is 1610. The summed E-state index contributed by atoms with van der Waals surface area (Å²) in [5, 5.41) is 1.74. The van der Waals surface area contributed by atoms with Gasteiger partial charge in [-0.25, -0.2) is 24.5 Å². The molecule has 6 rings (SSSR count). The number of aliphatic imine (C=N–C) groups is 1. The third-order valence-corrected chi connectivity index (χ3v) is 9.87. The largest absolute Gasteiger partial charge is 0.444 e. The lowest BCUT2D eigenvalue weighted by molar-refractivity contribution is 0.0216. The van der Waals surface area contributed by atoms with Gasteiger partial charge in [-0.05, 0) is 67.2 Å². The molecule has 2 saturated heterocycles.